The summed E-state index contributed by atoms with van der Waals surface area (Å²) in [5.41, 5.74) is 7.38. The van der Waals surface area contributed by atoms with Gasteiger partial charge >= 0.3 is 5.97 Å². The summed E-state index contributed by atoms with van der Waals surface area (Å²) in [6.07, 6.45) is 0.915. The number of nitriles is 1. The second-order valence-electron chi connectivity index (χ2n) is 5.39. The molecule has 26 heavy (non-hydrogen) atoms. The van der Waals surface area contributed by atoms with Crippen molar-refractivity contribution in [2.45, 2.75) is 23.8 Å². The number of ether oxygens (including phenoxy) is 1. The van der Waals surface area contributed by atoms with Crippen LogP contribution in [0.1, 0.15) is 12.8 Å². The Morgan fingerprint density at radius 1 is 1.50 bits per heavy atom. The zero-order valence-electron chi connectivity index (χ0n) is 14.0. The number of carbonyl (C=O) groups excluding carboxylic acids is 1. The number of nitrogens with zero attached hydrogens (tertiary/aromatic N) is 3. The van der Waals surface area contributed by atoms with Crippen LogP contribution < -0.4 is 11.2 Å². The number of nitrogens with one attached hydrogen (secondary N) is 2. The van der Waals surface area contributed by atoms with Crippen LogP contribution in [0.2, 0.25) is 0 Å². The third kappa shape index (κ3) is 3.81. The minimum atomic E-state index is -4.02. The Morgan fingerprint density at radius 3 is 2.81 bits per heavy atom. The molecule has 1 aromatic carbocycles. The smallest absolute Gasteiger partial charge is 0.324 e. The quantitative estimate of drug-likeness (QED) is 0.276. The summed E-state index contributed by atoms with van der Waals surface area (Å²) in [5, 5.41) is 19.8. The van der Waals surface area contributed by atoms with E-state index in [0.29, 0.717) is 12.8 Å². The van der Waals surface area contributed by atoms with Gasteiger partial charge in [0.15, 0.2) is 5.84 Å². The van der Waals surface area contributed by atoms with E-state index in [0.717, 1.165) is 4.31 Å². The van der Waals surface area contributed by atoms with E-state index in [2.05, 4.69) is 15.3 Å². The minimum Gasteiger partial charge on any atom is -0.468 e. The van der Waals surface area contributed by atoms with Gasteiger partial charge in [0, 0.05) is 6.54 Å². The van der Waals surface area contributed by atoms with Crippen molar-refractivity contribution in [3.8, 4) is 6.07 Å². The van der Waals surface area contributed by atoms with Crippen molar-refractivity contribution in [3.63, 3.8) is 0 Å². The molecule has 1 atom stereocenters. The molecule has 1 unspecified atom stereocenters. The lowest BCUT2D eigenvalue weighted by molar-refractivity contribution is -0.144. The third-order valence-electron chi connectivity index (χ3n) is 3.80. The number of amidine groups is 1. The van der Waals surface area contributed by atoms with Crippen molar-refractivity contribution in [3.05, 3.63) is 24.3 Å². The van der Waals surface area contributed by atoms with Crippen molar-refractivity contribution in [1.82, 2.24) is 4.31 Å². The van der Waals surface area contributed by atoms with E-state index in [1.165, 1.54) is 25.3 Å². The molecule has 0 saturated carbocycles. The molecule has 1 saturated heterocycles. The van der Waals surface area contributed by atoms with Gasteiger partial charge < -0.3 is 10.5 Å². The zero-order chi connectivity index (χ0) is 19.3. The second kappa shape index (κ2) is 7.94. The standard InChI is InChI=1S/C15H18N6O4S/c1-25-15(22)12-6-4-8-21(12)26(23,24)13-7-3-2-5-10(13)19-20-11(9-16)14(17)18/h2-3,5,7,12,19H,4,6,8H2,1H3,(H3,17,18)/b20-11+. The molecule has 1 aliphatic rings. The summed E-state index contributed by atoms with van der Waals surface area (Å²) < 4.78 is 31.8. The van der Waals surface area contributed by atoms with Crippen LogP contribution in [0.25, 0.3) is 0 Å². The fourth-order valence-electron chi connectivity index (χ4n) is 2.57. The second-order valence-corrected chi connectivity index (χ2v) is 7.25. The zero-order valence-corrected chi connectivity index (χ0v) is 14.8. The molecule has 2 rings (SSSR count). The predicted octanol–water partition coefficient (Wildman–Crippen LogP) is 0.240. The van der Waals surface area contributed by atoms with E-state index in [9.17, 15) is 13.2 Å². The number of methoxy groups -OCH3 is 1. The number of hydrazone groups is 1. The van der Waals surface area contributed by atoms with Crippen LogP contribution in [-0.4, -0.2) is 49.9 Å². The van der Waals surface area contributed by atoms with Gasteiger partial charge in [-0.25, -0.2) is 8.42 Å². The van der Waals surface area contributed by atoms with Gasteiger partial charge in [0.25, 0.3) is 0 Å². The monoisotopic (exact) mass is 378 g/mol. The fourth-order valence-corrected chi connectivity index (χ4v) is 4.36. The van der Waals surface area contributed by atoms with E-state index in [4.69, 9.17) is 16.4 Å². The number of carbonyl (C=O) groups is 1. The first kappa shape index (κ1) is 19.4. The molecule has 11 heteroatoms. The number of rotatable bonds is 6. The van der Waals surface area contributed by atoms with Crippen LogP contribution in [0.5, 0.6) is 0 Å². The van der Waals surface area contributed by atoms with Crippen LogP contribution in [-0.2, 0) is 19.6 Å². The Bertz CT molecular complexity index is 890. The molecule has 138 valence electrons. The summed E-state index contributed by atoms with van der Waals surface area (Å²) in [6, 6.07) is 6.68. The lowest BCUT2D eigenvalue weighted by atomic mass is 10.2. The summed E-state index contributed by atoms with van der Waals surface area (Å²) in [7, 11) is -2.81. The van der Waals surface area contributed by atoms with Crippen molar-refractivity contribution in [2.75, 3.05) is 19.1 Å². The van der Waals surface area contributed by atoms with Gasteiger partial charge in [0.05, 0.1) is 12.8 Å². The lowest BCUT2D eigenvalue weighted by Crippen LogP contribution is -2.41. The van der Waals surface area contributed by atoms with Gasteiger partial charge in [-0.3, -0.25) is 15.6 Å². The summed E-state index contributed by atoms with van der Waals surface area (Å²) in [4.78, 5) is 11.8. The topological polar surface area (TPSA) is 162 Å². The minimum absolute atomic E-state index is 0.0945. The molecule has 0 radical (unpaired) electrons. The predicted molar refractivity (Wildman–Crippen MR) is 94.0 cm³/mol. The van der Waals surface area contributed by atoms with Gasteiger partial charge in [0.2, 0.25) is 15.7 Å². The molecular formula is C15H18N6O4S. The van der Waals surface area contributed by atoms with Crippen LogP contribution in [0.15, 0.2) is 34.3 Å². The SMILES string of the molecule is COC(=O)C1CCCN1S(=O)(=O)c1ccccc1N/N=C(\C#N)C(=N)N. The van der Waals surface area contributed by atoms with Crippen molar-refractivity contribution >= 4 is 33.2 Å². The lowest BCUT2D eigenvalue weighted by Gasteiger charge is -2.23. The van der Waals surface area contributed by atoms with Crippen LogP contribution in [0.4, 0.5) is 5.69 Å². The van der Waals surface area contributed by atoms with Gasteiger partial charge in [-0.15, -0.1) is 0 Å². The molecule has 1 fully saturated rings. The molecule has 1 heterocycles. The normalized spacial score (nSPS) is 18.2. The first-order chi connectivity index (χ1) is 12.3. The molecule has 0 bridgehead atoms. The van der Waals surface area contributed by atoms with E-state index in [1.807, 2.05) is 0 Å². The highest BCUT2D eigenvalue weighted by Crippen LogP contribution is 2.30. The summed E-state index contributed by atoms with van der Waals surface area (Å²) in [5.74, 6) is -1.16. The van der Waals surface area contributed by atoms with Gasteiger partial charge in [0.1, 0.15) is 17.0 Å². The number of anilines is 1. The molecular weight excluding hydrogens is 360 g/mol. The third-order valence-corrected chi connectivity index (χ3v) is 5.77. The number of benzene rings is 1. The maximum Gasteiger partial charge on any atom is 0.324 e. The maximum atomic E-state index is 13.0. The first-order valence-corrected chi connectivity index (χ1v) is 9.03. The number of nitrogens with two attached hydrogens (primary N) is 1. The highest BCUT2D eigenvalue weighted by molar-refractivity contribution is 7.89. The maximum absolute atomic E-state index is 13.0. The Morgan fingerprint density at radius 2 is 2.19 bits per heavy atom. The Labute approximate surface area is 150 Å². The average Bonchev–Trinajstić information content (AvgIpc) is 3.12. The van der Waals surface area contributed by atoms with Crippen LogP contribution in [0.3, 0.4) is 0 Å². The largest absolute Gasteiger partial charge is 0.468 e. The number of sulfonamides is 1. The van der Waals surface area contributed by atoms with Gasteiger partial charge in [-0.05, 0) is 25.0 Å². The summed E-state index contributed by atoms with van der Waals surface area (Å²) >= 11 is 0. The van der Waals surface area contributed by atoms with Crippen molar-refractivity contribution < 1.29 is 17.9 Å². The summed E-state index contributed by atoms with van der Waals surface area (Å²) in [6.45, 7) is 0.191. The molecule has 0 aliphatic carbocycles. The van der Waals surface area contributed by atoms with E-state index in [1.54, 1.807) is 12.1 Å². The van der Waals surface area contributed by atoms with Gasteiger partial charge in [-0.2, -0.15) is 14.7 Å². The molecule has 10 nitrogen and oxygen atoms in total. The van der Waals surface area contributed by atoms with E-state index >= 15 is 0 Å². The molecule has 0 amide bonds. The Hall–Kier alpha value is -2.97. The highest BCUT2D eigenvalue weighted by atomic mass is 32.2. The first-order valence-electron chi connectivity index (χ1n) is 7.59. The number of hydrogen-bond donors (Lipinski definition) is 3. The fraction of sp³-hybridized carbons (Fsp3) is 0.333. The number of hydrogen-bond acceptors (Lipinski definition) is 8. The van der Waals surface area contributed by atoms with E-state index in [-0.39, 0.29) is 22.8 Å². The molecule has 0 spiro atoms. The Balaban J connectivity index is 2.41. The number of para-hydroxylation sites is 1. The average molecular weight is 378 g/mol. The molecule has 1 aliphatic heterocycles. The number of esters is 1. The van der Waals surface area contributed by atoms with Gasteiger partial charge in [-0.1, -0.05) is 12.1 Å². The van der Waals surface area contributed by atoms with Crippen LogP contribution in [0, 0.1) is 16.7 Å². The molecule has 4 N–H and O–H groups in total. The van der Waals surface area contributed by atoms with Crippen LogP contribution >= 0.6 is 0 Å². The molecule has 1 aromatic rings. The molecule has 0 aromatic heterocycles. The Kier molecular flexibility index (Phi) is 5.91. The van der Waals surface area contributed by atoms with Crippen molar-refractivity contribution in [1.29, 1.82) is 10.7 Å². The van der Waals surface area contributed by atoms with Crippen molar-refractivity contribution in [2.24, 2.45) is 10.8 Å². The van der Waals surface area contributed by atoms with E-state index < -0.39 is 27.9 Å². The highest BCUT2D eigenvalue weighted by Gasteiger charge is 2.40.